The van der Waals surface area contributed by atoms with E-state index in [2.05, 4.69) is 39.1 Å². The summed E-state index contributed by atoms with van der Waals surface area (Å²) in [5.41, 5.74) is 17.4. The van der Waals surface area contributed by atoms with Gasteiger partial charge in [-0.05, 0) is 59.1 Å². The molecule has 5 aromatic rings. The summed E-state index contributed by atoms with van der Waals surface area (Å²) in [5, 5.41) is 13.0. The highest BCUT2D eigenvalue weighted by Gasteiger charge is 2.54. The van der Waals surface area contributed by atoms with Crippen molar-refractivity contribution in [3.8, 4) is 5.75 Å². The van der Waals surface area contributed by atoms with Gasteiger partial charge in [0.05, 0.1) is 6.61 Å². The zero-order chi connectivity index (χ0) is 34.6. The number of aliphatic hydroxyl groups is 1. The summed E-state index contributed by atoms with van der Waals surface area (Å²) in [4.78, 5) is 25.0. The number of nitrogens with one attached hydrogen (secondary N) is 2. The molecular formula is C39H36N6O4S. The molecule has 1 heterocycles. The van der Waals surface area contributed by atoms with Crippen molar-refractivity contribution in [2.24, 2.45) is 10.1 Å². The molecule has 0 spiro atoms. The standard InChI is InChI=1S/C39H36N6O4S/c40-45-43-34-18-9-8-17-33(34)36-39(26-28-12-3-1-4-13-28,42-37(49-36)29-20-22-31(23-21-29)48-25-11-24-46)38(47)44-41-27-30-14-7-10-19-35(30)50-32-15-5-2-6-16-32/h1-10,12-23,36,41,46H,11,24-27H2,(H,44,47)/t36-,39-/m0/s1. The molecule has 1 aliphatic rings. The number of carbonyl (C=O) groups is 1. The van der Waals surface area contributed by atoms with Crippen LogP contribution in [0.5, 0.6) is 5.75 Å². The van der Waals surface area contributed by atoms with E-state index < -0.39 is 17.6 Å². The number of carbonyl (C=O) groups excluding carboxylic acids is 1. The number of nitrogens with zero attached hydrogens (tertiary/aromatic N) is 4. The number of aliphatic imine (C=N–C) groups is 1. The van der Waals surface area contributed by atoms with E-state index in [0.717, 1.165) is 20.9 Å². The first-order valence-corrected chi connectivity index (χ1v) is 17.0. The van der Waals surface area contributed by atoms with E-state index in [4.69, 9.17) is 19.6 Å². The maximum atomic E-state index is 14.7. The lowest BCUT2D eigenvalue weighted by Gasteiger charge is -2.31. The molecule has 0 radical (unpaired) electrons. The third-order valence-electron chi connectivity index (χ3n) is 8.14. The van der Waals surface area contributed by atoms with Crippen molar-refractivity contribution >= 4 is 29.3 Å². The Labute approximate surface area is 294 Å². The molecule has 1 aliphatic heterocycles. The lowest BCUT2D eigenvalue weighted by atomic mass is 9.81. The summed E-state index contributed by atoms with van der Waals surface area (Å²) >= 11 is 1.65. The van der Waals surface area contributed by atoms with Crippen LogP contribution in [0.1, 0.15) is 34.8 Å². The zero-order valence-electron chi connectivity index (χ0n) is 27.2. The van der Waals surface area contributed by atoms with Crippen molar-refractivity contribution in [1.82, 2.24) is 10.9 Å². The molecule has 0 unspecified atom stereocenters. The fourth-order valence-electron chi connectivity index (χ4n) is 5.71. The Hall–Kier alpha value is -5.58. The lowest BCUT2D eigenvalue weighted by Crippen LogP contribution is -2.53. The van der Waals surface area contributed by atoms with Crippen LogP contribution in [0.4, 0.5) is 5.69 Å². The van der Waals surface area contributed by atoms with Crippen LogP contribution in [0.2, 0.25) is 0 Å². The lowest BCUT2D eigenvalue weighted by molar-refractivity contribution is -0.130. The highest BCUT2D eigenvalue weighted by atomic mass is 32.2. The quantitative estimate of drug-likeness (QED) is 0.0337. The van der Waals surface area contributed by atoms with Crippen LogP contribution < -0.4 is 15.6 Å². The molecule has 252 valence electrons. The Morgan fingerprint density at radius 3 is 2.38 bits per heavy atom. The Balaban J connectivity index is 1.34. The predicted octanol–water partition coefficient (Wildman–Crippen LogP) is 7.86. The molecule has 0 saturated heterocycles. The van der Waals surface area contributed by atoms with Gasteiger partial charge in [0.1, 0.15) is 5.75 Å². The van der Waals surface area contributed by atoms with Gasteiger partial charge in [0.15, 0.2) is 11.6 Å². The molecule has 50 heavy (non-hydrogen) atoms. The largest absolute Gasteiger partial charge is 0.494 e. The van der Waals surface area contributed by atoms with E-state index >= 15 is 0 Å². The topological polar surface area (TPSA) is 141 Å². The summed E-state index contributed by atoms with van der Waals surface area (Å²) < 4.78 is 12.3. The maximum absolute atomic E-state index is 14.7. The van der Waals surface area contributed by atoms with Gasteiger partial charge in [0, 0.05) is 57.5 Å². The van der Waals surface area contributed by atoms with Crippen molar-refractivity contribution in [1.29, 1.82) is 0 Å². The summed E-state index contributed by atoms with van der Waals surface area (Å²) in [7, 11) is 0. The number of ether oxygens (including phenoxy) is 2. The van der Waals surface area contributed by atoms with E-state index in [1.165, 1.54) is 0 Å². The van der Waals surface area contributed by atoms with E-state index in [1.54, 1.807) is 42.1 Å². The van der Waals surface area contributed by atoms with Crippen LogP contribution in [0.3, 0.4) is 0 Å². The molecule has 2 atom stereocenters. The third kappa shape index (κ3) is 8.16. The van der Waals surface area contributed by atoms with Gasteiger partial charge < -0.3 is 14.6 Å². The third-order valence-corrected chi connectivity index (χ3v) is 9.27. The highest BCUT2D eigenvalue weighted by molar-refractivity contribution is 7.99. The van der Waals surface area contributed by atoms with Crippen molar-refractivity contribution < 1.29 is 19.4 Å². The minimum atomic E-state index is -1.50. The second kappa shape index (κ2) is 16.7. The summed E-state index contributed by atoms with van der Waals surface area (Å²) in [6.45, 7) is 0.785. The molecule has 6 rings (SSSR count). The summed E-state index contributed by atoms with van der Waals surface area (Å²) in [5.74, 6) is 0.492. The molecule has 1 amide bonds. The molecule has 0 aromatic heterocycles. The van der Waals surface area contributed by atoms with Gasteiger partial charge in [0.2, 0.25) is 5.90 Å². The molecule has 3 N–H and O–H groups in total. The Morgan fingerprint density at radius 1 is 0.920 bits per heavy atom. The van der Waals surface area contributed by atoms with Gasteiger partial charge in [-0.15, -0.1) is 0 Å². The second-order valence-electron chi connectivity index (χ2n) is 11.5. The molecule has 10 nitrogen and oxygen atoms in total. The van der Waals surface area contributed by atoms with Crippen LogP contribution >= 0.6 is 11.8 Å². The average molecular weight is 685 g/mol. The van der Waals surface area contributed by atoms with Gasteiger partial charge in [-0.25, -0.2) is 10.4 Å². The molecule has 5 aromatic carbocycles. The first-order chi connectivity index (χ1) is 24.6. The van der Waals surface area contributed by atoms with Crippen LogP contribution in [0, 0.1) is 0 Å². The monoisotopic (exact) mass is 684 g/mol. The first-order valence-electron chi connectivity index (χ1n) is 16.2. The van der Waals surface area contributed by atoms with Crippen molar-refractivity contribution in [3.63, 3.8) is 0 Å². The molecule has 0 saturated carbocycles. The molecule has 11 heteroatoms. The van der Waals surface area contributed by atoms with Gasteiger partial charge in [-0.2, -0.15) is 0 Å². The van der Waals surface area contributed by atoms with E-state index in [9.17, 15) is 10.3 Å². The number of azide groups is 1. The summed E-state index contributed by atoms with van der Waals surface area (Å²) in [6.07, 6.45) is -0.224. The number of amides is 1. The van der Waals surface area contributed by atoms with Crippen LogP contribution in [-0.2, 0) is 22.5 Å². The van der Waals surface area contributed by atoms with Crippen LogP contribution in [0.15, 0.2) is 153 Å². The van der Waals surface area contributed by atoms with Crippen molar-refractivity contribution in [3.05, 3.63) is 166 Å². The van der Waals surface area contributed by atoms with Crippen molar-refractivity contribution in [2.45, 2.75) is 40.8 Å². The first kappa shape index (κ1) is 34.3. The smallest absolute Gasteiger partial charge is 0.266 e. The van der Waals surface area contributed by atoms with Gasteiger partial charge in [-0.3, -0.25) is 10.2 Å². The predicted molar refractivity (Wildman–Crippen MR) is 194 cm³/mol. The Bertz CT molecular complexity index is 1970. The van der Waals surface area contributed by atoms with Gasteiger partial charge >= 0.3 is 0 Å². The normalized spacial score (nSPS) is 16.5. The number of hydrogen-bond acceptors (Lipinski definition) is 8. The molecule has 0 fully saturated rings. The molecular weight excluding hydrogens is 649 g/mol. The van der Waals surface area contributed by atoms with Gasteiger partial charge in [-0.1, -0.05) is 108 Å². The number of hydrogen-bond donors (Lipinski definition) is 3. The SMILES string of the molecule is [N-]=[N+]=Nc1ccccc1[C@@H]1OC(c2ccc(OCCCO)cc2)=N[C@]1(Cc1ccccc1)C(=O)NNCc1ccccc1Sc1ccccc1. The number of hydrazine groups is 1. The molecule has 0 aliphatic carbocycles. The van der Waals surface area contributed by atoms with Gasteiger partial charge in [0.25, 0.3) is 5.91 Å². The molecule has 0 bridgehead atoms. The average Bonchev–Trinajstić information content (AvgIpc) is 3.54. The maximum Gasteiger partial charge on any atom is 0.266 e. The van der Waals surface area contributed by atoms with Crippen molar-refractivity contribution in [2.75, 3.05) is 13.2 Å². The minimum absolute atomic E-state index is 0.0427. The zero-order valence-corrected chi connectivity index (χ0v) is 28.0. The van der Waals surface area contributed by atoms with Crippen LogP contribution in [-0.4, -0.2) is 35.7 Å². The number of rotatable bonds is 15. The fourth-order valence-corrected chi connectivity index (χ4v) is 6.67. The second-order valence-corrected chi connectivity index (χ2v) is 12.6. The van der Waals surface area contributed by atoms with E-state index in [1.807, 2.05) is 84.9 Å². The van der Waals surface area contributed by atoms with E-state index in [0.29, 0.717) is 42.1 Å². The van der Waals surface area contributed by atoms with Crippen LogP contribution in [0.25, 0.3) is 10.4 Å². The Kier molecular flexibility index (Phi) is 11.4. The Morgan fingerprint density at radius 2 is 1.62 bits per heavy atom. The summed E-state index contributed by atoms with van der Waals surface area (Å²) in [6, 6.07) is 42.1. The highest BCUT2D eigenvalue weighted by Crippen LogP contribution is 2.45. The minimum Gasteiger partial charge on any atom is -0.494 e. The fraction of sp³-hybridized carbons (Fsp3) is 0.179. The number of aliphatic hydroxyl groups excluding tert-OH is 1. The number of benzene rings is 5. The van der Waals surface area contributed by atoms with E-state index in [-0.39, 0.29) is 18.9 Å².